The second-order valence-corrected chi connectivity index (χ2v) is 4.90. The molecule has 0 bridgehead atoms. The summed E-state index contributed by atoms with van der Waals surface area (Å²) in [6, 6.07) is 10.1. The highest BCUT2D eigenvalue weighted by molar-refractivity contribution is 5.49. The quantitative estimate of drug-likeness (QED) is 0.882. The van der Waals surface area contributed by atoms with Crippen LogP contribution in [0.4, 0.5) is 5.69 Å². The summed E-state index contributed by atoms with van der Waals surface area (Å²) in [6.45, 7) is 6.63. The van der Waals surface area contributed by atoms with Crippen LogP contribution in [-0.2, 0) is 0 Å². The predicted molar refractivity (Wildman–Crippen MR) is 74.6 cm³/mol. The molecule has 1 aliphatic heterocycles. The van der Waals surface area contributed by atoms with E-state index in [1.165, 1.54) is 18.5 Å². The minimum atomic E-state index is 0.737. The van der Waals surface area contributed by atoms with E-state index in [4.69, 9.17) is 5.26 Å². The number of hydrogen-bond acceptors (Lipinski definition) is 3. The zero-order chi connectivity index (χ0) is 12.8. The highest BCUT2D eigenvalue weighted by Crippen LogP contribution is 2.23. The largest absolute Gasteiger partial charge is 0.372 e. The molecule has 1 N–H and O–H groups in total. The number of nitrogens with zero attached hydrogens (tertiary/aromatic N) is 2. The Balaban J connectivity index is 1.87. The van der Waals surface area contributed by atoms with E-state index in [2.05, 4.69) is 35.3 Å². The maximum absolute atomic E-state index is 8.79. The third-order valence-corrected chi connectivity index (χ3v) is 3.66. The minimum absolute atomic E-state index is 0.737. The maximum Gasteiger partial charge on any atom is 0.0991 e. The summed E-state index contributed by atoms with van der Waals surface area (Å²) >= 11 is 0. The molecular formula is C15H21N3. The number of hydrogen-bond donors (Lipinski definition) is 1. The first-order chi connectivity index (χ1) is 8.83. The van der Waals surface area contributed by atoms with Crippen LogP contribution in [0, 0.1) is 17.2 Å². The van der Waals surface area contributed by atoms with E-state index < -0.39 is 0 Å². The zero-order valence-electron chi connectivity index (χ0n) is 11.0. The fourth-order valence-electron chi connectivity index (χ4n) is 2.49. The van der Waals surface area contributed by atoms with Crippen LogP contribution >= 0.6 is 0 Å². The number of rotatable bonds is 4. The second-order valence-electron chi connectivity index (χ2n) is 4.90. The minimum Gasteiger partial charge on any atom is -0.372 e. The van der Waals surface area contributed by atoms with Crippen molar-refractivity contribution in [2.24, 2.45) is 5.92 Å². The maximum atomic E-state index is 8.79. The lowest BCUT2D eigenvalue weighted by Crippen LogP contribution is -2.37. The van der Waals surface area contributed by atoms with E-state index in [9.17, 15) is 0 Å². The van der Waals surface area contributed by atoms with Gasteiger partial charge in [0.1, 0.15) is 0 Å². The molecule has 3 heteroatoms. The standard InChI is InChI=1S/C15H21N3/c1-2-17-12-14-7-9-18(10-8-14)15-5-3-13(11-16)4-6-15/h3-6,14,17H,2,7-10,12H2,1H3. The SMILES string of the molecule is CCNCC1CCN(c2ccc(C#N)cc2)CC1. The van der Waals surface area contributed by atoms with E-state index in [1.807, 2.05) is 12.1 Å². The molecule has 3 nitrogen and oxygen atoms in total. The van der Waals surface area contributed by atoms with Crippen molar-refractivity contribution in [1.82, 2.24) is 5.32 Å². The molecule has 18 heavy (non-hydrogen) atoms. The van der Waals surface area contributed by atoms with E-state index in [-0.39, 0.29) is 0 Å². The summed E-state index contributed by atoms with van der Waals surface area (Å²) in [5, 5.41) is 12.2. The molecule has 0 amide bonds. The van der Waals surface area contributed by atoms with Crippen LogP contribution in [0.3, 0.4) is 0 Å². The van der Waals surface area contributed by atoms with Gasteiger partial charge in [-0.25, -0.2) is 0 Å². The van der Waals surface area contributed by atoms with Gasteiger partial charge in [0.15, 0.2) is 0 Å². The highest BCUT2D eigenvalue weighted by atomic mass is 15.1. The van der Waals surface area contributed by atoms with Gasteiger partial charge in [-0.3, -0.25) is 0 Å². The fourth-order valence-corrected chi connectivity index (χ4v) is 2.49. The number of benzene rings is 1. The first-order valence-corrected chi connectivity index (χ1v) is 6.79. The Morgan fingerprint density at radius 3 is 2.50 bits per heavy atom. The van der Waals surface area contributed by atoms with Crippen LogP contribution in [0.1, 0.15) is 25.3 Å². The Labute approximate surface area is 109 Å². The summed E-state index contributed by atoms with van der Waals surface area (Å²) < 4.78 is 0. The molecule has 0 unspecified atom stereocenters. The number of nitriles is 1. The Kier molecular flexibility index (Phi) is 4.60. The molecule has 2 rings (SSSR count). The van der Waals surface area contributed by atoms with Gasteiger partial charge in [-0.05, 0) is 56.1 Å². The third-order valence-electron chi connectivity index (χ3n) is 3.66. The summed E-state index contributed by atoms with van der Waals surface area (Å²) in [6.07, 6.45) is 2.51. The van der Waals surface area contributed by atoms with Crippen molar-refractivity contribution in [2.75, 3.05) is 31.1 Å². The first kappa shape index (κ1) is 12.9. The summed E-state index contributed by atoms with van der Waals surface area (Å²) in [7, 11) is 0. The van der Waals surface area contributed by atoms with Crippen LogP contribution in [0.2, 0.25) is 0 Å². The van der Waals surface area contributed by atoms with Gasteiger partial charge >= 0.3 is 0 Å². The molecule has 0 aliphatic carbocycles. The van der Waals surface area contributed by atoms with E-state index in [0.29, 0.717) is 0 Å². The molecule has 1 aliphatic rings. The van der Waals surface area contributed by atoms with Gasteiger partial charge in [-0.2, -0.15) is 5.26 Å². The molecule has 1 heterocycles. The van der Waals surface area contributed by atoms with Gasteiger partial charge in [-0.15, -0.1) is 0 Å². The predicted octanol–water partition coefficient (Wildman–Crippen LogP) is 2.38. The normalized spacial score (nSPS) is 16.6. The summed E-state index contributed by atoms with van der Waals surface area (Å²) in [5.74, 6) is 0.819. The molecule has 1 aromatic rings. The molecule has 96 valence electrons. The lowest BCUT2D eigenvalue weighted by Gasteiger charge is -2.33. The molecule has 0 spiro atoms. The molecule has 1 aromatic carbocycles. The van der Waals surface area contributed by atoms with Crippen molar-refractivity contribution >= 4 is 5.69 Å². The van der Waals surface area contributed by atoms with E-state index in [1.54, 1.807) is 0 Å². The van der Waals surface area contributed by atoms with Gasteiger partial charge in [-0.1, -0.05) is 6.92 Å². The van der Waals surface area contributed by atoms with Gasteiger partial charge in [0.25, 0.3) is 0 Å². The lowest BCUT2D eigenvalue weighted by atomic mass is 9.96. The van der Waals surface area contributed by atoms with Crippen LogP contribution in [0.5, 0.6) is 0 Å². The average molecular weight is 243 g/mol. The molecule has 0 saturated carbocycles. The average Bonchev–Trinajstić information content (AvgIpc) is 2.46. The summed E-state index contributed by atoms with van der Waals surface area (Å²) in [4.78, 5) is 2.42. The van der Waals surface area contributed by atoms with Crippen LogP contribution in [-0.4, -0.2) is 26.2 Å². The molecule has 0 radical (unpaired) electrons. The van der Waals surface area contributed by atoms with Crippen molar-refractivity contribution in [3.05, 3.63) is 29.8 Å². The van der Waals surface area contributed by atoms with E-state index >= 15 is 0 Å². The zero-order valence-corrected chi connectivity index (χ0v) is 11.0. The van der Waals surface area contributed by atoms with Crippen LogP contribution < -0.4 is 10.2 Å². The van der Waals surface area contributed by atoms with Crippen molar-refractivity contribution in [3.63, 3.8) is 0 Å². The lowest BCUT2D eigenvalue weighted by molar-refractivity contribution is 0.386. The third kappa shape index (κ3) is 3.24. The van der Waals surface area contributed by atoms with Crippen molar-refractivity contribution < 1.29 is 0 Å². The van der Waals surface area contributed by atoms with Crippen molar-refractivity contribution in [2.45, 2.75) is 19.8 Å². The Morgan fingerprint density at radius 1 is 1.28 bits per heavy atom. The topological polar surface area (TPSA) is 39.1 Å². The number of nitrogens with one attached hydrogen (secondary N) is 1. The van der Waals surface area contributed by atoms with Crippen molar-refractivity contribution in [1.29, 1.82) is 5.26 Å². The van der Waals surface area contributed by atoms with E-state index in [0.717, 1.165) is 37.7 Å². The Bertz CT molecular complexity index is 397. The second kappa shape index (κ2) is 6.42. The highest BCUT2D eigenvalue weighted by Gasteiger charge is 2.18. The molecule has 1 saturated heterocycles. The number of anilines is 1. The van der Waals surface area contributed by atoms with Gasteiger partial charge in [0.05, 0.1) is 11.6 Å². The molecule has 0 atom stereocenters. The fraction of sp³-hybridized carbons (Fsp3) is 0.533. The number of piperidine rings is 1. The van der Waals surface area contributed by atoms with Crippen LogP contribution in [0.15, 0.2) is 24.3 Å². The monoisotopic (exact) mass is 243 g/mol. The Morgan fingerprint density at radius 2 is 1.94 bits per heavy atom. The first-order valence-electron chi connectivity index (χ1n) is 6.79. The molecule has 0 aromatic heterocycles. The van der Waals surface area contributed by atoms with Crippen LogP contribution in [0.25, 0.3) is 0 Å². The summed E-state index contributed by atoms with van der Waals surface area (Å²) in [5.41, 5.74) is 1.98. The van der Waals surface area contributed by atoms with Gasteiger partial charge in [0, 0.05) is 18.8 Å². The molecular weight excluding hydrogens is 222 g/mol. The van der Waals surface area contributed by atoms with Gasteiger partial charge < -0.3 is 10.2 Å². The van der Waals surface area contributed by atoms with Crippen molar-refractivity contribution in [3.8, 4) is 6.07 Å². The molecule has 1 fully saturated rings. The Hall–Kier alpha value is -1.53. The van der Waals surface area contributed by atoms with Gasteiger partial charge in [0.2, 0.25) is 0 Å². The smallest absolute Gasteiger partial charge is 0.0991 e.